The molecular weight excluding hydrogens is 234 g/mol. The van der Waals surface area contributed by atoms with Gasteiger partial charge in [-0.2, -0.15) is 11.8 Å². The van der Waals surface area contributed by atoms with Gasteiger partial charge in [0.15, 0.2) is 0 Å². The van der Waals surface area contributed by atoms with Gasteiger partial charge >= 0.3 is 0 Å². The van der Waals surface area contributed by atoms with Crippen LogP contribution < -0.4 is 10.9 Å². The summed E-state index contributed by atoms with van der Waals surface area (Å²) < 4.78 is 0. The van der Waals surface area contributed by atoms with Crippen LogP contribution in [0.4, 0.5) is 0 Å². The van der Waals surface area contributed by atoms with Crippen LogP contribution in [0, 0.1) is 5.92 Å². The Morgan fingerprint density at radius 2 is 2.06 bits per heavy atom. The summed E-state index contributed by atoms with van der Waals surface area (Å²) in [5.41, 5.74) is 5.75. The van der Waals surface area contributed by atoms with E-state index in [1.807, 2.05) is 0 Å². The van der Waals surface area contributed by atoms with Crippen molar-refractivity contribution in [2.45, 2.75) is 44.6 Å². The molecule has 4 nitrogen and oxygen atoms in total. The van der Waals surface area contributed by atoms with Gasteiger partial charge < -0.3 is 0 Å². The van der Waals surface area contributed by atoms with Crippen LogP contribution in [0.1, 0.15) is 38.5 Å². The maximum Gasteiger partial charge on any atom is 0.263 e. The molecule has 1 aliphatic heterocycles. The number of hydrogen-bond donors (Lipinski definition) is 2. The number of rotatable bonds is 4. The van der Waals surface area contributed by atoms with Crippen LogP contribution >= 0.6 is 11.8 Å². The van der Waals surface area contributed by atoms with Gasteiger partial charge in [-0.3, -0.25) is 20.6 Å². The third-order valence-electron chi connectivity index (χ3n) is 3.50. The van der Waals surface area contributed by atoms with Gasteiger partial charge in [0.1, 0.15) is 11.9 Å². The molecule has 1 aliphatic carbocycles. The number of carbonyl (C=O) groups is 1. The van der Waals surface area contributed by atoms with E-state index in [0.717, 1.165) is 18.0 Å². The van der Waals surface area contributed by atoms with Gasteiger partial charge in [-0.1, -0.05) is 19.3 Å². The van der Waals surface area contributed by atoms with E-state index in [4.69, 9.17) is 0 Å². The van der Waals surface area contributed by atoms with Crippen LogP contribution in [0.25, 0.3) is 0 Å². The Morgan fingerprint density at radius 1 is 1.29 bits per heavy atom. The number of nitrogens with zero attached hydrogens (tertiary/aromatic N) is 1. The topological polar surface area (TPSA) is 53.5 Å². The van der Waals surface area contributed by atoms with Gasteiger partial charge in [-0.15, -0.1) is 0 Å². The minimum absolute atomic E-state index is 0.0126. The quantitative estimate of drug-likeness (QED) is 0.804. The van der Waals surface area contributed by atoms with E-state index in [0.29, 0.717) is 5.92 Å². The summed E-state index contributed by atoms with van der Waals surface area (Å²) in [7, 11) is 0. The molecule has 1 fully saturated rings. The van der Waals surface area contributed by atoms with Gasteiger partial charge in [0, 0.05) is 5.92 Å². The molecule has 0 radical (unpaired) electrons. The number of nitrogens with one attached hydrogen (secondary N) is 2. The van der Waals surface area contributed by atoms with Crippen molar-refractivity contribution >= 4 is 23.5 Å². The molecule has 0 aromatic heterocycles. The Kier molecular flexibility index (Phi) is 4.71. The van der Waals surface area contributed by atoms with E-state index in [9.17, 15) is 4.79 Å². The fourth-order valence-corrected chi connectivity index (χ4v) is 2.94. The average Bonchev–Trinajstić information content (AvgIpc) is 2.39. The number of hydrogen-bond acceptors (Lipinski definition) is 4. The fourth-order valence-electron chi connectivity index (χ4n) is 2.48. The summed E-state index contributed by atoms with van der Waals surface area (Å²) in [6.07, 6.45) is 9.22. The van der Waals surface area contributed by atoms with Crippen molar-refractivity contribution in [1.29, 1.82) is 0 Å². The third-order valence-corrected chi connectivity index (χ3v) is 4.14. The molecule has 2 rings (SSSR count). The molecule has 1 atom stereocenters. The highest BCUT2D eigenvalue weighted by Gasteiger charge is 2.27. The van der Waals surface area contributed by atoms with Crippen LogP contribution in [0.15, 0.2) is 4.99 Å². The second-order valence-electron chi connectivity index (χ2n) is 4.76. The first-order valence-corrected chi connectivity index (χ1v) is 7.83. The Labute approximate surface area is 107 Å². The first-order valence-electron chi connectivity index (χ1n) is 6.43. The molecule has 1 heterocycles. The molecule has 2 N–H and O–H groups in total. The van der Waals surface area contributed by atoms with Crippen LogP contribution in [0.5, 0.6) is 0 Å². The molecule has 0 saturated heterocycles. The number of carbonyl (C=O) groups excluding carboxylic acids is 1. The number of amidine groups is 1. The SMILES string of the molecule is CSCCC1N=C(C2CCCCC2)NNC1=O. The lowest BCUT2D eigenvalue weighted by Crippen LogP contribution is -2.53. The van der Waals surface area contributed by atoms with E-state index in [1.54, 1.807) is 11.8 Å². The molecular formula is C12H21N3OS. The third kappa shape index (κ3) is 3.37. The number of amides is 1. The standard InChI is InChI=1S/C12H21N3OS/c1-17-8-7-10-12(16)15-14-11(13-10)9-5-3-2-4-6-9/h9-10H,2-8H2,1H3,(H,13,14)(H,15,16). The number of aliphatic imine (C=N–C) groups is 1. The first-order chi connectivity index (χ1) is 8.31. The lowest BCUT2D eigenvalue weighted by atomic mass is 9.88. The van der Waals surface area contributed by atoms with Gasteiger partial charge in [0.05, 0.1) is 0 Å². The zero-order valence-corrected chi connectivity index (χ0v) is 11.2. The second kappa shape index (κ2) is 6.28. The van der Waals surface area contributed by atoms with Gasteiger partial charge in [-0.05, 0) is 31.3 Å². The van der Waals surface area contributed by atoms with Crippen molar-refractivity contribution in [1.82, 2.24) is 10.9 Å². The minimum atomic E-state index is -0.180. The normalized spacial score (nSPS) is 26.1. The molecule has 0 aromatic carbocycles. The summed E-state index contributed by atoms with van der Waals surface area (Å²) in [6, 6.07) is -0.180. The van der Waals surface area contributed by atoms with Crippen molar-refractivity contribution in [3.63, 3.8) is 0 Å². The van der Waals surface area contributed by atoms with Gasteiger partial charge in [0.25, 0.3) is 5.91 Å². The molecule has 96 valence electrons. The van der Waals surface area contributed by atoms with Crippen molar-refractivity contribution in [2.75, 3.05) is 12.0 Å². The number of hydrazine groups is 1. The highest BCUT2D eigenvalue weighted by atomic mass is 32.2. The smallest absolute Gasteiger partial charge is 0.263 e. The summed E-state index contributed by atoms with van der Waals surface area (Å²) in [5.74, 6) is 2.54. The average molecular weight is 255 g/mol. The highest BCUT2D eigenvalue weighted by molar-refractivity contribution is 7.98. The highest BCUT2D eigenvalue weighted by Crippen LogP contribution is 2.25. The van der Waals surface area contributed by atoms with Crippen molar-refractivity contribution in [2.24, 2.45) is 10.9 Å². The summed E-state index contributed by atoms with van der Waals surface area (Å²) in [4.78, 5) is 16.2. The Hall–Kier alpha value is -0.710. The molecule has 5 heteroatoms. The Morgan fingerprint density at radius 3 is 2.76 bits per heavy atom. The maximum absolute atomic E-state index is 11.6. The molecule has 0 spiro atoms. The predicted octanol–water partition coefficient (Wildman–Crippen LogP) is 1.72. The van der Waals surface area contributed by atoms with Crippen LogP contribution in [0.3, 0.4) is 0 Å². The van der Waals surface area contributed by atoms with Crippen molar-refractivity contribution in [3.05, 3.63) is 0 Å². The summed E-state index contributed by atoms with van der Waals surface area (Å²) in [5, 5.41) is 0. The van der Waals surface area contributed by atoms with Crippen LogP contribution in [-0.2, 0) is 4.79 Å². The largest absolute Gasteiger partial charge is 0.285 e. The van der Waals surface area contributed by atoms with Gasteiger partial charge in [0.2, 0.25) is 0 Å². The molecule has 1 amide bonds. The van der Waals surface area contributed by atoms with E-state index in [-0.39, 0.29) is 11.9 Å². The molecule has 1 saturated carbocycles. The van der Waals surface area contributed by atoms with Crippen LogP contribution in [0.2, 0.25) is 0 Å². The molecule has 2 aliphatic rings. The summed E-state index contributed by atoms with van der Waals surface area (Å²) >= 11 is 1.76. The fraction of sp³-hybridized carbons (Fsp3) is 0.833. The zero-order chi connectivity index (χ0) is 12.1. The van der Waals surface area contributed by atoms with Gasteiger partial charge in [-0.25, -0.2) is 0 Å². The first kappa shape index (κ1) is 12.7. The Bertz CT molecular complexity index is 300. The molecule has 17 heavy (non-hydrogen) atoms. The molecule has 0 aromatic rings. The predicted molar refractivity (Wildman–Crippen MR) is 72.1 cm³/mol. The van der Waals surface area contributed by atoms with Crippen molar-refractivity contribution in [3.8, 4) is 0 Å². The van der Waals surface area contributed by atoms with E-state index >= 15 is 0 Å². The maximum atomic E-state index is 11.6. The lowest BCUT2D eigenvalue weighted by Gasteiger charge is -2.29. The lowest BCUT2D eigenvalue weighted by molar-refractivity contribution is -0.123. The van der Waals surface area contributed by atoms with Crippen LogP contribution in [-0.4, -0.2) is 29.8 Å². The minimum Gasteiger partial charge on any atom is -0.285 e. The zero-order valence-electron chi connectivity index (χ0n) is 10.4. The molecule has 1 unspecified atom stereocenters. The monoisotopic (exact) mass is 255 g/mol. The number of thioether (sulfide) groups is 1. The van der Waals surface area contributed by atoms with Crippen molar-refractivity contribution < 1.29 is 4.79 Å². The summed E-state index contributed by atoms with van der Waals surface area (Å²) in [6.45, 7) is 0. The van der Waals surface area contributed by atoms with E-state index < -0.39 is 0 Å². The molecule has 0 bridgehead atoms. The van der Waals surface area contributed by atoms with E-state index in [2.05, 4.69) is 22.1 Å². The van der Waals surface area contributed by atoms with E-state index in [1.165, 1.54) is 32.1 Å². The Balaban J connectivity index is 1.98. The second-order valence-corrected chi connectivity index (χ2v) is 5.75.